The second-order valence-electron chi connectivity index (χ2n) is 2.57. The predicted octanol–water partition coefficient (Wildman–Crippen LogP) is -1.14. The van der Waals surface area contributed by atoms with Gasteiger partial charge in [0.05, 0.1) is 12.0 Å². The van der Waals surface area contributed by atoms with Crippen LogP contribution in [0.3, 0.4) is 0 Å². The Balaban J connectivity index is 0.000001000. The van der Waals surface area contributed by atoms with Crippen LogP contribution in [0.25, 0.3) is 0 Å². The minimum Gasteiger partial charge on any atom is -0.391 e. The lowest BCUT2D eigenvalue weighted by Crippen LogP contribution is -2.46. The van der Waals surface area contributed by atoms with E-state index in [4.69, 9.17) is 5.73 Å². The van der Waals surface area contributed by atoms with Crippen molar-refractivity contribution in [3.8, 4) is 0 Å². The Morgan fingerprint density at radius 2 is 2.27 bits per heavy atom. The van der Waals surface area contributed by atoms with E-state index in [1.165, 1.54) is 0 Å². The molecule has 1 amide bonds. The predicted molar refractivity (Wildman–Crippen MR) is 43.4 cm³/mol. The number of carbonyl (C=O) groups is 1. The summed E-state index contributed by atoms with van der Waals surface area (Å²) in [5.41, 5.74) is 5.03. The zero-order chi connectivity index (χ0) is 7.56. The molecule has 0 aromatic rings. The van der Waals surface area contributed by atoms with Crippen LogP contribution in [0.4, 0.5) is 0 Å². The fourth-order valence-corrected chi connectivity index (χ4v) is 1.17. The van der Waals surface area contributed by atoms with E-state index in [0.29, 0.717) is 13.0 Å². The smallest absolute Gasteiger partial charge is 0.223 e. The van der Waals surface area contributed by atoms with Crippen molar-refractivity contribution in [3.63, 3.8) is 0 Å². The number of nitrogens with two attached hydrogens (primary N) is 1. The highest BCUT2D eigenvalue weighted by Crippen LogP contribution is 2.10. The van der Waals surface area contributed by atoms with Crippen molar-refractivity contribution in [2.45, 2.75) is 12.5 Å². The molecule has 4 N–H and O–H groups in total. The molecule has 11 heavy (non-hydrogen) atoms. The standard InChI is InChI=1S/C6H12N2O2.ClH/c7-6(10)4-1-2-8-3-5(4)9;/h4-5,8-9H,1-3H2,(H2,7,10);1H. The number of aliphatic hydroxyl groups is 1. The normalized spacial score (nSPS) is 30.6. The molecule has 1 rings (SSSR count). The lowest BCUT2D eigenvalue weighted by atomic mass is 9.95. The Morgan fingerprint density at radius 3 is 2.64 bits per heavy atom. The van der Waals surface area contributed by atoms with Gasteiger partial charge in [-0.2, -0.15) is 0 Å². The summed E-state index contributed by atoms with van der Waals surface area (Å²) in [6.45, 7) is 1.25. The average molecular weight is 181 g/mol. The molecule has 1 saturated heterocycles. The Labute approximate surface area is 71.6 Å². The third-order valence-corrected chi connectivity index (χ3v) is 1.82. The second-order valence-corrected chi connectivity index (χ2v) is 2.57. The molecule has 0 aromatic heterocycles. The summed E-state index contributed by atoms with van der Waals surface area (Å²) < 4.78 is 0. The van der Waals surface area contributed by atoms with E-state index in [2.05, 4.69) is 5.32 Å². The minimum absolute atomic E-state index is 0. The van der Waals surface area contributed by atoms with Gasteiger partial charge in [-0.15, -0.1) is 12.4 Å². The molecule has 0 spiro atoms. The van der Waals surface area contributed by atoms with E-state index in [1.807, 2.05) is 0 Å². The molecule has 1 fully saturated rings. The van der Waals surface area contributed by atoms with Crippen LogP contribution in [-0.4, -0.2) is 30.2 Å². The van der Waals surface area contributed by atoms with Crippen LogP contribution in [0.2, 0.25) is 0 Å². The van der Waals surface area contributed by atoms with Crippen molar-refractivity contribution in [2.24, 2.45) is 11.7 Å². The van der Waals surface area contributed by atoms with Crippen molar-refractivity contribution in [3.05, 3.63) is 0 Å². The summed E-state index contributed by atoms with van der Waals surface area (Å²) in [7, 11) is 0. The van der Waals surface area contributed by atoms with Crippen molar-refractivity contribution < 1.29 is 9.90 Å². The molecule has 0 radical (unpaired) electrons. The van der Waals surface area contributed by atoms with Crippen LogP contribution in [0.15, 0.2) is 0 Å². The summed E-state index contributed by atoms with van der Waals surface area (Å²) in [6.07, 6.45) is 0.0579. The Bertz CT molecular complexity index is 143. The first-order chi connectivity index (χ1) is 4.72. The zero-order valence-corrected chi connectivity index (χ0v) is 6.93. The summed E-state index contributed by atoms with van der Waals surface area (Å²) in [5.74, 6) is -0.741. The van der Waals surface area contributed by atoms with Gasteiger partial charge in [0.15, 0.2) is 0 Å². The summed E-state index contributed by atoms with van der Waals surface area (Å²) in [4.78, 5) is 10.6. The molecule has 2 unspecified atom stereocenters. The quantitative estimate of drug-likeness (QED) is 0.478. The number of primary amides is 1. The number of piperidine rings is 1. The third kappa shape index (κ3) is 2.65. The maximum absolute atomic E-state index is 10.6. The fraction of sp³-hybridized carbons (Fsp3) is 0.833. The number of halogens is 1. The summed E-state index contributed by atoms with van der Waals surface area (Å²) >= 11 is 0. The molecule has 0 aromatic carbocycles. The molecule has 0 aliphatic carbocycles. The number of hydrogen-bond acceptors (Lipinski definition) is 3. The lowest BCUT2D eigenvalue weighted by molar-refractivity contribution is -0.126. The van der Waals surface area contributed by atoms with Gasteiger partial charge in [-0.25, -0.2) is 0 Å². The molecule has 1 aliphatic rings. The first-order valence-corrected chi connectivity index (χ1v) is 3.40. The van der Waals surface area contributed by atoms with E-state index in [-0.39, 0.29) is 18.3 Å². The molecule has 1 heterocycles. The van der Waals surface area contributed by atoms with Crippen LogP contribution in [0, 0.1) is 5.92 Å². The molecule has 1 aliphatic heterocycles. The Hall–Kier alpha value is -0.320. The number of carbonyl (C=O) groups excluding carboxylic acids is 1. The van der Waals surface area contributed by atoms with Gasteiger partial charge in [0.2, 0.25) is 5.91 Å². The van der Waals surface area contributed by atoms with E-state index in [0.717, 1.165) is 6.54 Å². The zero-order valence-electron chi connectivity index (χ0n) is 6.12. The third-order valence-electron chi connectivity index (χ3n) is 1.82. The average Bonchev–Trinajstić information content (AvgIpc) is 1.88. The van der Waals surface area contributed by atoms with Gasteiger partial charge in [-0.3, -0.25) is 4.79 Å². The lowest BCUT2D eigenvalue weighted by Gasteiger charge is -2.25. The van der Waals surface area contributed by atoms with E-state index >= 15 is 0 Å². The number of amides is 1. The van der Waals surface area contributed by atoms with Crippen LogP contribution in [0.1, 0.15) is 6.42 Å². The summed E-state index contributed by atoms with van der Waals surface area (Å²) in [6, 6.07) is 0. The molecule has 66 valence electrons. The highest BCUT2D eigenvalue weighted by molar-refractivity contribution is 5.85. The van der Waals surface area contributed by atoms with Crippen LogP contribution in [-0.2, 0) is 4.79 Å². The second kappa shape index (κ2) is 4.54. The molecule has 4 nitrogen and oxygen atoms in total. The van der Waals surface area contributed by atoms with Crippen molar-refractivity contribution in [2.75, 3.05) is 13.1 Å². The molecule has 5 heteroatoms. The van der Waals surface area contributed by atoms with E-state index in [9.17, 15) is 9.90 Å². The van der Waals surface area contributed by atoms with Crippen molar-refractivity contribution in [1.29, 1.82) is 0 Å². The molecular weight excluding hydrogens is 168 g/mol. The fourth-order valence-electron chi connectivity index (χ4n) is 1.17. The van der Waals surface area contributed by atoms with Crippen molar-refractivity contribution >= 4 is 18.3 Å². The van der Waals surface area contributed by atoms with Gasteiger partial charge in [0.25, 0.3) is 0 Å². The number of rotatable bonds is 1. The minimum atomic E-state index is -0.591. The van der Waals surface area contributed by atoms with E-state index < -0.39 is 12.0 Å². The van der Waals surface area contributed by atoms with Crippen LogP contribution in [0.5, 0.6) is 0 Å². The Morgan fingerprint density at radius 1 is 1.64 bits per heavy atom. The molecule has 0 bridgehead atoms. The maximum Gasteiger partial charge on any atom is 0.223 e. The van der Waals surface area contributed by atoms with Gasteiger partial charge in [0, 0.05) is 6.54 Å². The van der Waals surface area contributed by atoms with Gasteiger partial charge in [-0.05, 0) is 13.0 Å². The van der Waals surface area contributed by atoms with Gasteiger partial charge in [-0.1, -0.05) is 0 Å². The number of aliphatic hydroxyl groups excluding tert-OH is 1. The summed E-state index contributed by atoms with van der Waals surface area (Å²) in [5, 5.41) is 12.1. The molecule has 2 atom stereocenters. The van der Waals surface area contributed by atoms with Crippen LogP contribution >= 0.6 is 12.4 Å². The maximum atomic E-state index is 10.6. The highest BCUT2D eigenvalue weighted by Gasteiger charge is 2.26. The first kappa shape index (κ1) is 10.7. The van der Waals surface area contributed by atoms with Crippen LogP contribution < -0.4 is 11.1 Å². The molecule has 0 saturated carbocycles. The SMILES string of the molecule is Cl.NC(=O)C1CCNCC1O. The number of β-amino-alcohol motifs (C(OH)–C–C–N with tert-alkyl or cyclic N) is 1. The van der Waals surface area contributed by atoms with Gasteiger partial charge >= 0.3 is 0 Å². The van der Waals surface area contributed by atoms with Gasteiger partial charge < -0.3 is 16.2 Å². The topological polar surface area (TPSA) is 75.4 Å². The largest absolute Gasteiger partial charge is 0.391 e. The highest BCUT2D eigenvalue weighted by atomic mass is 35.5. The van der Waals surface area contributed by atoms with Gasteiger partial charge in [0.1, 0.15) is 0 Å². The first-order valence-electron chi connectivity index (χ1n) is 3.40. The monoisotopic (exact) mass is 180 g/mol. The number of nitrogens with one attached hydrogen (secondary N) is 1. The van der Waals surface area contributed by atoms with Crippen molar-refractivity contribution in [1.82, 2.24) is 5.32 Å². The van der Waals surface area contributed by atoms with E-state index in [1.54, 1.807) is 0 Å². The Kier molecular flexibility index (Phi) is 4.40. The molecular formula is C6H13ClN2O2. The number of hydrogen-bond donors (Lipinski definition) is 3.